The van der Waals surface area contributed by atoms with Gasteiger partial charge in [-0.3, -0.25) is 4.79 Å². The summed E-state index contributed by atoms with van der Waals surface area (Å²) in [6.07, 6.45) is 7.45. The van der Waals surface area contributed by atoms with Gasteiger partial charge in [0.2, 0.25) is 0 Å². The van der Waals surface area contributed by atoms with Gasteiger partial charge in [0.05, 0.1) is 11.9 Å². The summed E-state index contributed by atoms with van der Waals surface area (Å²) in [5, 5.41) is 4.06. The first-order valence-corrected chi connectivity index (χ1v) is 8.01. The van der Waals surface area contributed by atoms with Crippen LogP contribution in [0.2, 0.25) is 0 Å². The van der Waals surface area contributed by atoms with E-state index in [0.29, 0.717) is 12.5 Å². The fourth-order valence-electron chi connectivity index (χ4n) is 2.87. The summed E-state index contributed by atoms with van der Waals surface area (Å²) in [5.74, 6) is 0.332. The molecule has 3 aromatic rings. The molecule has 0 radical (unpaired) electrons. The lowest BCUT2D eigenvalue weighted by Crippen LogP contribution is -2.29. The molecule has 23 heavy (non-hydrogen) atoms. The van der Waals surface area contributed by atoms with Crippen molar-refractivity contribution in [1.29, 1.82) is 0 Å². The zero-order chi connectivity index (χ0) is 16.2. The number of imidazole rings is 1. The molecule has 1 aromatic carbocycles. The van der Waals surface area contributed by atoms with Crippen molar-refractivity contribution in [3.8, 4) is 0 Å². The summed E-state index contributed by atoms with van der Waals surface area (Å²) in [6.45, 7) is 6.54. The van der Waals surface area contributed by atoms with Gasteiger partial charge in [0, 0.05) is 49.1 Å². The summed E-state index contributed by atoms with van der Waals surface area (Å²) in [7, 11) is 0. The lowest BCUT2D eigenvalue weighted by molar-refractivity contribution is 0.0948. The minimum Gasteiger partial charge on any atom is -0.352 e. The summed E-state index contributed by atoms with van der Waals surface area (Å²) in [4.78, 5) is 16.6. The van der Waals surface area contributed by atoms with E-state index in [-0.39, 0.29) is 5.91 Å². The molecule has 3 rings (SSSR count). The molecule has 0 saturated carbocycles. The van der Waals surface area contributed by atoms with Crippen LogP contribution in [0, 0.1) is 5.92 Å². The van der Waals surface area contributed by atoms with E-state index in [2.05, 4.69) is 34.8 Å². The molecular formula is C18H22N4O. The zero-order valence-corrected chi connectivity index (χ0v) is 13.6. The highest BCUT2D eigenvalue weighted by molar-refractivity contribution is 6.07. The van der Waals surface area contributed by atoms with E-state index < -0.39 is 0 Å². The lowest BCUT2D eigenvalue weighted by Gasteiger charge is -2.13. The number of amides is 1. The van der Waals surface area contributed by atoms with E-state index in [4.69, 9.17) is 0 Å². The Bertz CT molecular complexity index is 789. The first-order chi connectivity index (χ1) is 11.2. The van der Waals surface area contributed by atoms with E-state index in [1.54, 1.807) is 12.5 Å². The van der Waals surface area contributed by atoms with Gasteiger partial charge < -0.3 is 14.5 Å². The molecule has 2 aromatic heterocycles. The van der Waals surface area contributed by atoms with Crippen LogP contribution >= 0.6 is 0 Å². The van der Waals surface area contributed by atoms with Crippen LogP contribution in [0.5, 0.6) is 0 Å². The molecule has 0 aliphatic rings. The maximum atomic E-state index is 12.6. The Kier molecular flexibility index (Phi) is 4.46. The predicted octanol–water partition coefficient (Wildman–Crippen LogP) is 2.92. The van der Waals surface area contributed by atoms with Gasteiger partial charge in [-0.05, 0) is 18.9 Å². The number of carbonyl (C=O) groups is 1. The van der Waals surface area contributed by atoms with Gasteiger partial charge >= 0.3 is 0 Å². The molecule has 120 valence electrons. The number of hydrogen-bond donors (Lipinski definition) is 1. The number of aryl methyl sites for hydroxylation is 1. The smallest absolute Gasteiger partial charge is 0.253 e. The van der Waals surface area contributed by atoms with Gasteiger partial charge in [-0.25, -0.2) is 4.98 Å². The van der Waals surface area contributed by atoms with Crippen LogP contribution in [0.3, 0.4) is 0 Å². The molecular weight excluding hydrogens is 288 g/mol. The minimum atomic E-state index is -0.00844. The highest BCUT2D eigenvalue weighted by Gasteiger charge is 2.15. The van der Waals surface area contributed by atoms with Crippen molar-refractivity contribution >= 4 is 16.8 Å². The van der Waals surface area contributed by atoms with E-state index in [9.17, 15) is 4.79 Å². The van der Waals surface area contributed by atoms with Crippen molar-refractivity contribution in [3.63, 3.8) is 0 Å². The fourth-order valence-corrected chi connectivity index (χ4v) is 2.87. The number of rotatable bonds is 6. The number of benzene rings is 1. The molecule has 1 amide bonds. The number of nitrogens with one attached hydrogen (secondary N) is 1. The average Bonchev–Trinajstić information content (AvgIpc) is 3.20. The molecule has 0 bridgehead atoms. The highest BCUT2D eigenvalue weighted by Crippen LogP contribution is 2.21. The molecule has 1 N–H and O–H groups in total. The molecule has 0 fully saturated rings. The molecule has 5 heteroatoms. The highest BCUT2D eigenvalue weighted by atomic mass is 16.1. The topological polar surface area (TPSA) is 51.9 Å². The molecule has 0 spiro atoms. The zero-order valence-electron chi connectivity index (χ0n) is 13.6. The molecule has 1 atom stereocenters. The number of fused-ring (bicyclic) bond motifs is 1. The van der Waals surface area contributed by atoms with Crippen molar-refractivity contribution in [2.24, 2.45) is 5.92 Å². The monoisotopic (exact) mass is 310 g/mol. The summed E-state index contributed by atoms with van der Waals surface area (Å²) in [5.41, 5.74) is 1.85. The van der Waals surface area contributed by atoms with Gasteiger partial charge in [0.1, 0.15) is 0 Å². The summed E-state index contributed by atoms with van der Waals surface area (Å²) in [6, 6.07) is 8.03. The maximum absolute atomic E-state index is 12.6. The van der Waals surface area contributed by atoms with Crippen LogP contribution in [-0.4, -0.2) is 26.6 Å². The Hall–Kier alpha value is -2.56. The second kappa shape index (κ2) is 6.69. The van der Waals surface area contributed by atoms with E-state index in [0.717, 1.165) is 29.6 Å². The van der Waals surface area contributed by atoms with Gasteiger partial charge in [0.25, 0.3) is 5.91 Å². The lowest BCUT2D eigenvalue weighted by atomic mass is 10.1. The number of nitrogens with zero attached hydrogens (tertiary/aromatic N) is 3. The Balaban J connectivity index is 1.69. The second-order valence-electron chi connectivity index (χ2n) is 5.92. The van der Waals surface area contributed by atoms with Crippen molar-refractivity contribution < 1.29 is 4.79 Å². The molecule has 0 aliphatic heterocycles. The van der Waals surface area contributed by atoms with E-state index >= 15 is 0 Å². The largest absolute Gasteiger partial charge is 0.352 e. The van der Waals surface area contributed by atoms with Crippen LogP contribution in [0.15, 0.2) is 49.2 Å². The third kappa shape index (κ3) is 3.28. The number of aromatic nitrogens is 3. The average molecular weight is 310 g/mol. The van der Waals surface area contributed by atoms with Crippen molar-refractivity contribution in [3.05, 3.63) is 54.7 Å². The Morgan fingerprint density at radius 2 is 2.17 bits per heavy atom. The Morgan fingerprint density at radius 1 is 1.35 bits per heavy atom. The standard InChI is InChI=1S/C18H22N4O/c1-3-22-12-16(15-6-4-5-7-17(15)22)18(23)20-10-14(2)11-21-9-8-19-13-21/h4-9,12-14H,3,10-11H2,1-2H3,(H,20,23)/t14-/m0/s1. The van der Waals surface area contributed by atoms with Crippen LogP contribution in [-0.2, 0) is 13.1 Å². The third-order valence-electron chi connectivity index (χ3n) is 4.07. The van der Waals surface area contributed by atoms with Gasteiger partial charge in [-0.2, -0.15) is 0 Å². The Labute approximate surface area is 135 Å². The Morgan fingerprint density at radius 3 is 2.91 bits per heavy atom. The third-order valence-corrected chi connectivity index (χ3v) is 4.07. The summed E-state index contributed by atoms with van der Waals surface area (Å²) >= 11 is 0. The summed E-state index contributed by atoms with van der Waals surface area (Å²) < 4.78 is 4.14. The van der Waals surface area contributed by atoms with Crippen molar-refractivity contribution in [2.75, 3.05) is 6.54 Å². The predicted molar refractivity (Wildman–Crippen MR) is 91.3 cm³/mol. The maximum Gasteiger partial charge on any atom is 0.253 e. The van der Waals surface area contributed by atoms with Crippen LogP contribution < -0.4 is 5.32 Å². The first-order valence-electron chi connectivity index (χ1n) is 8.01. The quantitative estimate of drug-likeness (QED) is 0.761. The molecule has 5 nitrogen and oxygen atoms in total. The van der Waals surface area contributed by atoms with Crippen LogP contribution in [0.25, 0.3) is 10.9 Å². The van der Waals surface area contributed by atoms with Crippen molar-refractivity contribution in [1.82, 2.24) is 19.4 Å². The number of para-hydroxylation sites is 1. The molecule has 2 heterocycles. The molecule has 0 aliphatic carbocycles. The van der Waals surface area contributed by atoms with E-state index in [1.165, 1.54) is 0 Å². The van der Waals surface area contributed by atoms with Crippen LogP contribution in [0.4, 0.5) is 0 Å². The van der Waals surface area contributed by atoms with Gasteiger partial charge in [-0.1, -0.05) is 25.1 Å². The van der Waals surface area contributed by atoms with Crippen LogP contribution in [0.1, 0.15) is 24.2 Å². The fraction of sp³-hybridized carbons (Fsp3) is 0.333. The number of carbonyl (C=O) groups excluding carboxylic acids is 1. The van der Waals surface area contributed by atoms with Gasteiger partial charge in [-0.15, -0.1) is 0 Å². The SMILES string of the molecule is CCn1cc(C(=O)NC[C@H](C)Cn2ccnc2)c2ccccc21. The van der Waals surface area contributed by atoms with Gasteiger partial charge in [0.15, 0.2) is 0 Å². The van der Waals surface area contributed by atoms with Crippen molar-refractivity contribution in [2.45, 2.75) is 26.9 Å². The van der Waals surface area contributed by atoms with E-state index in [1.807, 2.05) is 35.2 Å². The first kappa shape index (κ1) is 15.3. The minimum absolute atomic E-state index is 0.00844. The molecule has 0 unspecified atom stereocenters. The number of hydrogen-bond acceptors (Lipinski definition) is 2. The molecule has 0 saturated heterocycles. The normalized spacial score (nSPS) is 12.4. The second-order valence-corrected chi connectivity index (χ2v) is 5.92.